The van der Waals surface area contributed by atoms with Crippen LogP contribution in [0.15, 0.2) is 18.2 Å². The Hall–Kier alpha value is -1.66. The van der Waals surface area contributed by atoms with Gasteiger partial charge in [-0.1, -0.05) is 11.6 Å². The van der Waals surface area contributed by atoms with Gasteiger partial charge in [0.25, 0.3) is 5.91 Å². The Morgan fingerprint density at radius 1 is 1.47 bits per heavy atom. The summed E-state index contributed by atoms with van der Waals surface area (Å²) in [6.07, 6.45) is 0. The van der Waals surface area contributed by atoms with Crippen molar-refractivity contribution < 1.29 is 14.0 Å². The molecule has 0 spiro atoms. The third-order valence-electron chi connectivity index (χ3n) is 3.00. The maximum Gasteiger partial charge on any atom is 0.254 e. The van der Waals surface area contributed by atoms with E-state index in [1.807, 2.05) is 0 Å². The van der Waals surface area contributed by atoms with E-state index in [9.17, 15) is 14.0 Å². The van der Waals surface area contributed by atoms with Crippen molar-refractivity contribution in [1.82, 2.24) is 10.2 Å². The zero-order valence-corrected chi connectivity index (χ0v) is 10.8. The van der Waals surface area contributed by atoms with E-state index < -0.39 is 17.8 Å². The lowest BCUT2D eigenvalue weighted by Gasteiger charge is -2.34. The summed E-state index contributed by atoms with van der Waals surface area (Å²) in [5.74, 6) is -1.55. The minimum absolute atomic E-state index is 0.128. The summed E-state index contributed by atoms with van der Waals surface area (Å²) >= 11 is 5.65. The highest BCUT2D eigenvalue weighted by atomic mass is 35.5. The van der Waals surface area contributed by atoms with E-state index in [1.165, 1.54) is 17.0 Å². The summed E-state index contributed by atoms with van der Waals surface area (Å²) in [5, 5.41) is 2.86. The van der Waals surface area contributed by atoms with Crippen LogP contribution in [0.5, 0.6) is 0 Å². The molecule has 1 fully saturated rings. The third kappa shape index (κ3) is 2.85. The van der Waals surface area contributed by atoms with Gasteiger partial charge in [-0.05, 0) is 18.2 Å². The monoisotopic (exact) mass is 285 g/mol. The summed E-state index contributed by atoms with van der Waals surface area (Å²) in [4.78, 5) is 25.0. The Kier molecular flexibility index (Phi) is 4.01. The van der Waals surface area contributed by atoms with Gasteiger partial charge in [-0.2, -0.15) is 0 Å². The maximum atomic E-state index is 13.1. The van der Waals surface area contributed by atoms with Gasteiger partial charge in [0, 0.05) is 25.2 Å². The van der Waals surface area contributed by atoms with Gasteiger partial charge in [0.05, 0.1) is 5.02 Å². The molecule has 1 saturated heterocycles. The van der Waals surface area contributed by atoms with Crippen LogP contribution in [0.4, 0.5) is 4.39 Å². The van der Waals surface area contributed by atoms with E-state index in [2.05, 4.69) is 5.32 Å². The number of hydrogen-bond donors (Lipinski definition) is 2. The van der Waals surface area contributed by atoms with Crippen LogP contribution in [0.2, 0.25) is 5.02 Å². The molecular formula is C12H13ClFN3O2. The number of nitrogens with zero attached hydrogens (tertiary/aromatic N) is 1. The predicted molar refractivity (Wildman–Crippen MR) is 68.3 cm³/mol. The van der Waals surface area contributed by atoms with Crippen molar-refractivity contribution in [3.8, 4) is 0 Å². The molecule has 1 aromatic rings. The standard InChI is InChI=1S/C12H13ClFN3O2/c13-8-5-7(1-2-9(8)14)12(19)17-4-3-16-6-10(17)11(15)18/h1-2,5,10,16H,3-4,6H2,(H2,15,18). The van der Waals surface area contributed by atoms with Crippen molar-refractivity contribution >= 4 is 23.4 Å². The van der Waals surface area contributed by atoms with Crippen molar-refractivity contribution in [3.05, 3.63) is 34.6 Å². The second-order valence-electron chi connectivity index (χ2n) is 4.25. The van der Waals surface area contributed by atoms with Crippen LogP contribution in [0.1, 0.15) is 10.4 Å². The van der Waals surface area contributed by atoms with E-state index in [-0.39, 0.29) is 16.5 Å². The number of nitrogens with two attached hydrogens (primary N) is 1. The van der Waals surface area contributed by atoms with Crippen LogP contribution >= 0.6 is 11.6 Å². The SMILES string of the molecule is NC(=O)C1CNCCN1C(=O)c1ccc(F)c(Cl)c1. The number of piperazine rings is 1. The molecule has 102 valence electrons. The first-order valence-corrected chi connectivity index (χ1v) is 6.14. The van der Waals surface area contributed by atoms with Gasteiger partial charge in [0.1, 0.15) is 11.9 Å². The number of hydrogen-bond acceptors (Lipinski definition) is 3. The maximum absolute atomic E-state index is 13.1. The Labute approximate surface area is 114 Å². The summed E-state index contributed by atoms with van der Waals surface area (Å²) in [5.41, 5.74) is 5.50. The molecule has 0 saturated carbocycles. The fourth-order valence-corrected chi connectivity index (χ4v) is 2.18. The number of carbonyl (C=O) groups is 2. The molecule has 1 aliphatic heterocycles. The van der Waals surface area contributed by atoms with E-state index >= 15 is 0 Å². The van der Waals surface area contributed by atoms with Gasteiger partial charge < -0.3 is 16.0 Å². The molecule has 1 atom stereocenters. The number of halogens is 2. The molecule has 19 heavy (non-hydrogen) atoms. The highest BCUT2D eigenvalue weighted by molar-refractivity contribution is 6.31. The fraction of sp³-hybridized carbons (Fsp3) is 0.333. The number of amides is 2. The van der Waals surface area contributed by atoms with Gasteiger partial charge in [-0.15, -0.1) is 0 Å². The molecule has 2 rings (SSSR count). The molecule has 3 N–H and O–H groups in total. The van der Waals surface area contributed by atoms with Crippen LogP contribution in [-0.2, 0) is 4.79 Å². The molecule has 7 heteroatoms. The number of primary amides is 1. The average Bonchev–Trinajstić information content (AvgIpc) is 2.41. The molecule has 0 bridgehead atoms. The largest absolute Gasteiger partial charge is 0.368 e. The number of nitrogens with one attached hydrogen (secondary N) is 1. The van der Waals surface area contributed by atoms with Crippen LogP contribution in [0.3, 0.4) is 0 Å². The van der Waals surface area contributed by atoms with Crippen LogP contribution < -0.4 is 11.1 Å². The van der Waals surface area contributed by atoms with Gasteiger partial charge in [-0.25, -0.2) is 4.39 Å². The second-order valence-corrected chi connectivity index (χ2v) is 4.66. The van der Waals surface area contributed by atoms with E-state index in [1.54, 1.807) is 0 Å². The summed E-state index contributed by atoms with van der Waals surface area (Å²) in [6.45, 7) is 1.25. The van der Waals surface area contributed by atoms with Gasteiger partial charge in [0.15, 0.2) is 0 Å². The van der Waals surface area contributed by atoms with Crippen LogP contribution in [0, 0.1) is 5.82 Å². The molecular weight excluding hydrogens is 273 g/mol. The Morgan fingerprint density at radius 3 is 2.84 bits per heavy atom. The predicted octanol–water partition coefficient (Wildman–Crippen LogP) is 0.378. The fourth-order valence-electron chi connectivity index (χ4n) is 2.00. The minimum atomic E-state index is -0.704. The van der Waals surface area contributed by atoms with Crippen molar-refractivity contribution in [2.24, 2.45) is 5.73 Å². The van der Waals surface area contributed by atoms with Gasteiger partial charge in [0.2, 0.25) is 5.91 Å². The molecule has 2 amide bonds. The van der Waals surface area contributed by atoms with E-state index in [0.29, 0.717) is 19.6 Å². The third-order valence-corrected chi connectivity index (χ3v) is 3.29. The zero-order valence-electron chi connectivity index (χ0n) is 10.0. The Morgan fingerprint density at radius 2 is 2.21 bits per heavy atom. The topological polar surface area (TPSA) is 75.4 Å². The lowest BCUT2D eigenvalue weighted by molar-refractivity contribution is -0.122. The van der Waals surface area contributed by atoms with Gasteiger partial charge in [-0.3, -0.25) is 9.59 Å². The van der Waals surface area contributed by atoms with Crippen LogP contribution in [-0.4, -0.2) is 42.4 Å². The van der Waals surface area contributed by atoms with E-state index in [0.717, 1.165) is 6.07 Å². The summed E-state index contributed by atoms with van der Waals surface area (Å²) in [7, 11) is 0. The Bertz CT molecular complexity index is 524. The Balaban J connectivity index is 2.26. The minimum Gasteiger partial charge on any atom is -0.368 e. The zero-order chi connectivity index (χ0) is 14.0. The normalized spacial score (nSPS) is 19.3. The number of rotatable bonds is 2. The molecule has 0 aliphatic carbocycles. The number of carbonyl (C=O) groups excluding carboxylic acids is 2. The lowest BCUT2D eigenvalue weighted by atomic mass is 10.1. The average molecular weight is 286 g/mol. The lowest BCUT2D eigenvalue weighted by Crippen LogP contribution is -2.58. The second kappa shape index (κ2) is 5.54. The molecule has 1 unspecified atom stereocenters. The van der Waals surface area contributed by atoms with Crippen LogP contribution in [0.25, 0.3) is 0 Å². The first-order chi connectivity index (χ1) is 9.00. The molecule has 1 heterocycles. The molecule has 5 nitrogen and oxygen atoms in total. The van der Waals surface area contributed by atoms with Crippen molar-refractivity contribution in [2.45, 2.75) is 6.04 Å². The molecule has 1 aliphatic rings. The summed E-state index contributed by atoms with van der Waals surface area (Å²) in [6, 6.07) is 3.00. The van der Waals surface area contributed by atoms with Crippen molar-refractivity contribution in [2.75, 3.05) is 19.6 Å². The first-order valence-electron chi connectivity index (χ1n) is 5.76. The first kappa shape index (κ1) is 13.8. The molecule has 0 aromatic heterocycles. The van der Waals surface area contributed by atoms with Crippen molar-refractivity contribution in [1.29, 1.82) is 0 Å². The van der Waals surface area contributed by atoms with Gasteiger partial charge >= 0.3 is 0 Å². The summed E-state index contributed by atoms with van der Waals surface area (Å²) < 4.78 is 13.1. The number of benzene rings is 1. The van der Waals surface area contributed by atoms with Crippen molar-refractivity contribution in [3.63, 3.8) is 0 Å². The van der Waals surface area contributed by atoms with E-state index in [4.69, 9.17) is 17.3 Å². The quantitative estimate of drug-likeness (QED) is 0.825. The highest BCUT2D eigenvalue weighted by Crippen LogP contribution is 2.18. The molecule has 0 radical (unpaired) electrons. The smallest absolute Gasteiger partial charge is 0.254 e. The highest BCUT2D eigenvalue weighted by Gasteiger charge is 2.31. The molecule has 1 aromatic carbocycles.